The maximum Gasteiger partial charge on any atom is 0.303 e. The molecule has 2 unspecified atom stereocenters. The Bertz CT molecular complexity index is 335. The minimum Gasteiger partial charge on any atom is -0.447 e. The van der Waals surface area contributed by atoms with Gasteiger partial charge >= 0.3 is 5.97 Å². The molecule has 0 amide bonds. The molecule has 0 bridgehead atoms. The highest BCUT2D eigenvalue weighted by Gasteiger charge is 2.20. The smallest absolute Gasteiger partial charge is 0.303 e. The van der Waals surface area contributed by atoms with Crippen molar-refractivity contribution in [3.8, 4) is 6.07 Å². The summed E-state index contributed by atoms with van der Waals surface area (Å²) in [4.78, 5) is 10.7. The van der Waals surface area contributed by atoms with E-state index in [1.807, 2.05) is 19.9 Å². The Balaban J connectivity index is 4.11. The Hall–Kier alpha value is -0.850. The molecule has 0 spiro atoms. The van der Waals surface area contributed by atoms with Crippen LogP contribution in [0.1, 0.15) is 27.2 Å². The lowest BCUT2D eigenvalue weighted by molar-refractivity contribution is -0.143. The van der Waals surface area contributed by atoms with Gasteiger partial charge in [0, 0.05) is 26.2 Å². The van der Waals surface area contributed by atoms with E-state index in [2.05, 4.69) is 0 Å². The van der Waals surface area contributed by atoms with Gasteiger partial charge in [0.1, 0.15) is 6.07 Å². The Morgan fingerprint density at radius 1 is 1.47 bits per heavy atom. The van der Waals surface area contributed by atoms with Gasteiger partial charge in [0.15, 0.2) is 13.5 Å². The lowest BCUT2D eigenvalue weighted by Gasteiger charge is -2.16. The van der Waals surface area contributed by atoms with Gasteiger partial charge in [0.25, 0.3) is 0 Å². The molecule has 0 heterocycles. The topological polar surface area (TPSA) is 76.4 Å². The zero-order chi connectivity index (χ0) is 13.5. The molecule has 0 aromatic carbocycles. The van der Waals surface area contributed by atoms with Gasteiger partial charge in [-0.15, -0.1) is 0 Å². The van der Waals surface area contributed by atoms with Crippen LogP contribution >= 0.6 is 7.37 Å². The minimum atomic E-state index is -2.70. The van der Waals surface area contributed by atoms with Crippen LogP contribution < -0.4 is 0 Å². The lowest BCUT2D eigenvalue weighted by atomic mass is 10.2. The quantitative estimate of drug-likeness (QED) is 0.519. The number of carbonyl (C=O) groups is 1. The van der Waals surface area contributed by atoms with Crippen LogP contribution in [0.3, 0.4) is 0 Å². The van der Waals surface area contributed by atoms with Crippen molar-refractivity contribution in [1.82, 2.24) is 0 Å². The van der Waals surface area contributed by atoms with Crippen molar-refractivity contribution in [3.63, 3.8) is 0 Å². The molecule has 0 N–H and O–H groups in total. The van der Waals surface area contributed by atoms with Crippen molar-refractivity contribution in [2.24, 2.45) is 5.92 Å². The van der Waals surface area contributed by atoms with Gasteiger partial charge in [-0.3, -0.25) is 9.36 Å². The van der Waals surface area contributed by atoms with E-state index >= 15 is 0 Å². The second-order valence-electron chi connectivity index (χ2n) is 4.44. The summed E-state index contributed by atoms with van der Waals surface area (Å²) in [5, 5.41) is 8.73. The van der Waals surface area contributed by atoms with E-state index < -0.39 is 19.4 Å². The predicted molar refractivity (Wildman–Crippen MR) is 65.0 cm³/mol. The van der Waals surface area contributed by atoms with Crippen LogP contribution in [-0.4, -0.2) is 31.5 Å². The van der Waals surface area contributed by atoms with E-state index in [9.17, 15) is 9.36 Å². The highest BCUT2D eigenvalue weighted by molar-refractivity contribution is 7.58. The summed E-state index contributed by atoms with van der Waals surface area (Å²) in [6, 6.07) is 1.85. The molecule has 0 aliphatic rings. The predicted octanol–water partition coefficient (Wildman–Crippen LogP) is 2.41. The number of carbonyl (C=O) groups excluding carboxylic acids is 1. The normalized spacial score (nSPS) is 16.0. The highest BCUT2D eigenvalue weighted by Crippen LogP contribution is 2.43. The van der Waals surface area contributed by atoms with Gasteiger partial charge in [0.2, 0.25) is 0 Å². The summed E-state index contributed by atoms with van der Waals surface area (Å²) in [6.45, 7) is 7.15. The third-order valence-electron chi connectivity index (χ3n) is 1.93. The molecule has 5 nitrogen and oxygen atoms in total. The van der Waals surface area contributed by atoms with Gasteiger partial charge in [0.05, 0.1) is 6.61 Å². The summed E-state index contributed by atoms with van der Waals surface area (Å²) >= 11 is 0. The molecule has 0 radical (unpaired) electrons. The Kier molecular flexibility index (Phi) is 7.10. The van der Waals surface area contributed by atoms with Crippen LogP contribution in [-0.2, 0) is 18.6 Å². The van der Waals surface area contributed by atoms with E-state index in [4.69, 9.17) is 14.5 Å². The Morgan fingerprint density at radius 3 is 2.47 bits per heavy atom. The highest BCUT2D eigenvalue weighted by atomic mass is 31.2. The zero-order valence-electron chi connectivity index (χ0n) is 10.8. The van der Waals surface area contributed by atoms with Crippen LogP contribution in [0.15, 0.2) is 0 Å². The molecule has 0 aromatic rings. The molecule has 2 atom stereocenters. The monoisotopic (exact) mass is 261 g/mol. The standard InChI is InChI=1S/C11H20NO4P/c1-9(2)8-15-17(4,14)6-5-11(7-12)16-10(3)13/h9,11H,5-6,8H2,1-4H3. The van der Waals surface area contributed by atoms with E-state index in [0.717, 1.165) is 0 Å². The minimum absolute atomic E-state index is 0.238. The first-order valence-corrected chi connectivity index (χ1v) is 7.80. The molecule has 0 fully saturated rings. The van der Waals surface area contributed by atoms with Gasteiger partial charge in [-0.1, -0.05) is 13.8 Å². The molecule has 17 heavy (non-hydrogen) atoms. The van der Waals surface area contributed by atoms with Gasteiger partial charge in [-0.25, -0.2) is 0 Å². The maximum absolute atomic E-state index is 12.0. The number of nitriles is 1. The molecule has 0 aromatic heterocycles. The van der Waals surface area contributed by atoms with Crippen LogP contribution in [0.4, 0.5) is 0 Å². The Labute approximate surface area is 103 Å². The first-order chi connectivity index (χ1) is 7.76. The first kappa shape index (κ1) is 16.1. The number of esters is 1. The summed E-state index contributed by atoms with van der Waals surface area (Å²) in [5.74, 6) is -0.200. The molecule has 0 rings (SSSR count). The van der Waals surface area contributed by atoms with Crippen molar-refractivity contribution < 1.29 is 18.6 Å². The Morgan fingerprint density at radius 2 is 2.06 bits per heavy atom. The zero-order valence-corrected chi connectivity index (χ0v) is 11.7. The fourth-order valence-corrected chi connectivity index (χ4v) is 2.52. The summed E-state index contributed by atoms with van der Waals surface area (Å²) in [6.07, 6.45) is -0.365. The van der Waals surface area contributed by atoms with Gasteiger partial charge < -0.3 is 9.26 Å². The fraction of sp³-hybridized carbons (Fsp3) is 0.818. The summed E-state index contributed by atoms with van der Waals surface area (Å²) in [5.41, 5.74) is 0. The average Bonchev–Trinajstić information content (AvgIpc) is 2.21. The summed E-state index contributed by atoms with van der Waals surface area (Å²) in [7, 11) is -2.70. The third-order valence-corrected chi connectivity index (χ3v) is 3.70. The van der Waals surface area contributed by atoms with E-state index in [-0.39, 0.29) is 12.6 Å². The number of hydrogen-bond acceptors (Lipinski definition) is 5. The summed E-state index contributed by atoms with van der Waals surface area (Å²) < 4.78 is 22.0. The molecule has 0 aliphatic carbocycles. The molecular formula is C11H20NO4P. The van der Waals surface area contributed by atoms with Gasteiger partial charge in [-0.05, 0) is 5.92 Å². The number of ether oxygens (including phenoxy) is 1. The van der Waals surface area contributed by atoms with E-state index in [0.29, 0.717) is 12.5 Å². The largest absolute Gasteiger partial charge is 0.447 e. The second kappa shape index (κ2) is 7.47. The van der Waals surface area contributed by atoms with Crippen molar-refractivity contribution in [3.05, 3.63) is 0 Å². The van der Waals surface area contributed by atoms with Crippen molar-refractivity contribution in [1.29, 1.82) is 5.26 Å². The van der Waals surface area contributed by atoms with Crippen molar-refractivity contribution >= 4 is 13.3 Å². The number of rotatable bonds is 7. The van der Waals surface area contributed by atoms with Crippen LogP contribution in [0.5, 0.6) is 0 Å². The maximum atomic E-state index is 12.0. The van der Waals surface area contributed by atoms with Crippen molar-refractivity contribution in [2.75, 3.05) is 19.4 Å². The molecular weight excluding hydrogens is 241 g/mol. The average molecular weight is 261 g/mol. The first-order valence-electron chi connectivity index (χ1n) is 5.54. The second-order valence-corrected chi connectivity index (χ2v) is 7.18. The molecule has 0 saturated heterocycles. The van der Waals surface area contributed by atoms with Crippen LogP contribution in [0, 0.1) is 17.2 Å². The van der Waals surface area contributed by atoms with Gasteiger partial charge in [-0.2, -0.15) is 5.26 Å². The molecule has 98 valence electrons. The number of nitrogens with zero attached hydrogens (tertiary/aromatic N) is 1. The SMILES string of the molecule is CC(=O)OC(C#N)CCP(C)(=O)OCC(C)C. The fourth-order valence-electron chi connectivity index (χ4n) is 1.07. The molecule has 0 aliphatic heterocycles. The van der Waals surface area contributed by atoms with E-state index in [1.54, 1.807) is 0 Å². The number of hydrogen-bond donors (Lipinski definition) is 0. The van der Waals surface area contributed by atoms with Crippen LogP contribution in [0.25, 0.3) is 0 Å². The van der Waals surface area contributed by atoms with E-state index in [1.165, 1.54) is 13.6 Å². The third kappa shape index (κ3) is 8.91. The van der Waals surface area contributed by atoms with Crippen molar-refractivity contribution in [2.45, 2.75) is 33.3 Å². The lowest BCUT2D eigenvalue weighted by Crippen LogP contribution is -2.16. The molecule has 0 saturated carbocycles. The van der Waals surface area contributed by atoms with Crippen LogP contribution in [0.2, 0.25) is 0 Å². The molecule has 6 heteroatoms.